The van der Waals surface area contributed by atoms with E-state index in [2.05, 4.69) is 4.74 Å². The van der Waals surface area contributed by atoms with Crippen molar-refractivity contribution >= 4 is 23.7 Å². The van der Waals surface area contributed by atoms with Crippen LogP contribution in [0.3, 0.4) is 0 Å². The summed E-state index contributed by atoms with van der Waals surface area (Å²) in [5, 5.41) is 10.3. The van der Waals surface area contributed by atoms with E-state index in [-0.39, 0.29) is 11.1 Å². The summed E-state index contributed by atoms with van der Waals surface area (Å²) < 4.78 is 9.61. The molecular formula is C20H16O7. The fraction of sp³-hybridized carbons (Fsp3) is 0.200. The number of carbonyl (C=O) groups excluding carboxylic acids is 4. The maximum absolute atomic E-state index is 13.1. The zero-order chi connectivity index (χ0) is 19.8. The Morgan fingerprint density at radius 2 is 1.48 bits per heavy atom. The molecule has 0 bridgehead atoms. The van der Waals surface area contributed by atoms with Gasteiger partial charge in [0.2, 0.25) is 11.9 Å². The topological polar surface area (TPSA) is 107 Å². The Kier molecular flexibility index (Phi) is 4.63. The van der Waals surface area contributed by atoms with E-state index < -0.39 is 35.4 Å². The van der Waals surface area contributed by atoms with Crippen LogP contribution in [0.2, 0.25) is 0 Å². The van der Waals surface area contributed by atoms with Gasteiger partial charge in [0, 0.05) is 5.56 Å². The monoisotopic (exact) mass is 368 g/mol. The number of carbonyl (C=O) groups is 4. The van der Waals surface area contributed by atoms with E-state index in [9.17, 15) is 24.3 Å². The molecule has 0 aliphatic carbocycles. The Bertz CT molecular complexity index is 962. The van der Waals surface area contributed by atoms with Crippen LogP contribution in [0.5, 0.6) is 0 Å². The van der Waals surface area contributed by atoms with Gasteiger partial charge in [0.1, 0.15) is 0 Å². The second kappa shape index (κ2) is 6.77. The third kappa shape index (κ3) is 2.92. The van der Waals surface area contributed by atoms with Crippen LogP contribution >= 0.6 is 0 Å². The highest BCUT2D eigenvalue weighted by molar-refractivity contribution is 6.24. The first-order valence-electron chi connectivity index (χ1n) is 8.12. The highest BCUT2D eigenvalue weighted by Crippen LogP contribution is 2.33. The van der Waals surface area contributed by atoms with Gasteiger partial charge >= 0.3 is 23.5 Å². The molecule has 2 aromatic carbocycles. The third-order valence-corrected chi connectivity index (χ3v) is 4.45. The lowest BCUT2D eigenvalue weighted by atomic mass is 9.87. The number of benzene rings is 2. The molecule has 0 radical (unpaired) electrons. The van der Waals surface area contributed by atoms with E-state index in [0.29, 0.717) is 11.1 Å². The number of esters is 3. The Balaban J connectivity index is 2.10. The Labute approximate surface area is 154 Å². The molecule has 0 amide bonds. The summed E-state index contributed by atoms with van der Waals surface area (Å²) in [6.07, 6.45) is -2.26. The van der Waals surface area contributed by atoms with Crippen LogP contribution in [0, 0.1) is 13.8 Å². The molecular weight excluding hydrogens is 352 g/mol. The average molecular weight is 368 g/mol. The molecule has 1 heterocycles. The Morgan fingerprint density at radius 3 is 1.96 bits per heavy atom. The maximum Gasteiger partial charge on any atom is 0.370 e. The number of ether oxygens (including phenoxy) is 2. The molecule has 1 N–H and O–H groups in total. The van der Waals surface area contributed by atoms with Crippen molar-refractivity contribution in [2.24, 2.45) is 0 Å². The second-order valence-corrected chi connectivity index (χ2v) is 6.20. The number of cyclic esters (lactones) is 2. The zero-order valence-corrected chi connectivity index (χ0v) is 14.6. The largest absolute Gasteiger partial charge is 0.431 e. The molecule has 1 aliphatic rings. The first kappa shape index (κ1) is 18.5. The number of rotatable bonds is 4. The summed E-state index contributed by atoms with van der Waals surface area (Å²) >= 11 is 0. The molecule has 3 rings (SSSR count). The number of aryl methyl sites for hydroxylation is 2. The molecule has 1 aliphatic heterocycles. The standard InChI is InChI=1S/C20H16O7/c1-11-7-3-5-9-13(11)15(21)20(16(22)18(24)26-19(20)25)27-17(23)14-10-6-4-8-12(14)2/h3-10,16,22H,1-2H3/t16-,20+/m1/s1. The van der Waals surface area contributed by atoms with Crippen molar-refractivity contribution in [3.05, 3.63) is 70.8 Å². The Hall–Kier alpha value is -3.32. The lowest BCUT2D eigenvalue weighted by Crippen LogP contribution is -2.56. The van der Waals surface area contributed by atoms with E-state index in [1.165, 1.54) is 12.1 Å². The van der Waals surface area contributed by atoms with Gasteiger partial charge in [0.05, 0.1) is 5.56 Å². The van der Waals surface area contributed by atoms with Gasteiger partial charge in [-0.05, 0) is 31.0 Å². The van der Waals surface area contributed by atoms with Crippen molar-refractivity contribution in [2.45, 2.75) is 25.6 Å². The van der Waals surface area contributed by atoms with Crippen LogP contribution in [0.4, 0.5) is 0 Å². The minimum atomic E-state index is -2.79. The molecule has 0 unspecified atom stereocenters. The number of aliphatic hydroxyl groups is 1. The highest BCUT2D eigenvalue weighted by atomic mass is 16.7. The normalized spacial score (nSPS) is 21.7. The van der Waals surface area contributed by atoms with Crippen molar-refractivity contribution in [2.75, 3.05) is 0 Å². The van der Waals surface area contributed by atoms with Crippen LogP contribution in [0.1, 0.15) is 31.8 Å². The molecule has 0 spiro atoms. The van der Waals surface area contributed by atoms with Crippen LogP contribution in [-0.4, -0.2) is 40.5 Å². The van der Waals surface area contributed by atoms with Gasteiger partial charge in [-0.3, -0.25) is 4.79 Å². The predicted molar refractivity (Wildman–Crippen MR) is 91.9 cm³/mol. The molecule has 1 saturated heterocycles. The zero-order valence-electron chi connectivity index (χ0n) is 14.6. The van der Waals surface area contributed by atoms with Crippen LogP contribution in [-0.2, 0) is 19.1 Å². The van der Waals surface area contributed by atoms with Gasteiger partial charge in [-0.2, -0.15) is 0 Å². The molecule has 7 nitrogen and oxygen atoms in total. The van der Waals surface area contributed by atoms with Gasteiger partial charge < -0.3 is 14.6 Å². The summed E-state index contributed by atoms with van der Waals surface area (Å²) in [7, 11) is 0. The molecule has 1 fully saturated rings. The van der Waals surface area contributed by atoms with E-state index in [0.717, 1.165) is 0 Å². The van der Waals surface area contributed by atoms with Gasteiger partial charge in [-0.25, -0.2) is 14.4 Å². The second-order valence-electron chi connectivity index (χ2n) is 6.20. The van der Waals surface area contributed by atoms with Crippen LogP contribution in [0.25, 0.3) is 0 Å². The molecule has 2 aromatic rings. The number of hydrogen-bond donors (Lipinski definition) is 1. The smallest absolute Gasteiger partial charge is 0.370 e. The molecule has 0 aromatic heterocycles. The summed E-state index contributed by atoms with van der Waals surface area (Å²) in [5.41, 5.74) is -1.65. The summed E-state index contributed by atoms with van der Waals surface area (Å²) in [6, 6.07) is 12.6. The average Bonchev–Trinajstić information content (AvgIpc) is 2.85. The van der Waals surface area contributed by atoms with Crippen molar-refractivity contribution in [1.29, 1.82) is 0 Å². The Morgan fingerprint density at radius 1 is 0.963 bits per heavy atom. The lowest BCUT2D eigenvalue weighted by Gasteiger charge is -2.26. The van der Waals surface area contributed by atoms with Crippen molar-refractivity contribution in [1.82, 2.24) is 0 Å². The van der Waals surface area contributed by atoms with Gasteiger partial charge in [0.15, 0.2) is 0 Å². The SMILES string of the molecule is Cc1ccccc1C(=O)O[C@]1(C(=O)c2ccccc2C)C(=O)OC(=O)[C@H]1O. The van der Waals surface area contributed by atoms with Crippen LogP contribution < -0.4 is 0 Å². The number of aliphatic hydroxyl groups excluding tert-OH is 1. The van der Waals surface area contributed by atoms with Crippen molar-refractivity contribution in [3.63, 3.8) is 0 Å². The van der Waals surface area contributed by atoms with Crippen LogP contribution in [0.15, 0.2) is 48.5 Å². The number of Topliss-reactive ketones (excluding diaryl/α,β-unsaturated/α-hetero) is 1. The molecule has 27 heavy (non-hydrogen) atoms. The number of hydrogen-bond acceptors (Lipinski definition) is 7. The summed E-state index contributed by atoms with van der Waals surface area (Å²) in [4.78, 5) is 49.9. The summed E-state index contributed by atoms with van der Waals surface area (Å²) in [6.45, 7) is 3.25. The fourth-order valence-electron chi connectivity index (χ4n) is 2.89. The molecule has 0 saturated carbocycles. The third-order valence-electron chi connectivity index (χ3n) is 4.45. The van der Waals surface area contributed by atoms with E-state index >= 15 is 0 Å². The fourth-order valence-corrected chi connectivity index (χ4v) is 2.89. The van der Waals surface area contributed by atoms with Gasteiger partial charge in [-0.1, -0.05) is 42.5 Å². The van der Waals surface area contributed by atoms with Gasteiger partial charge in [-0.15, -0.1) is 0 Å². The first-order valence-corrected chi connectivity index (χ1v) is 8.12. The quantitative estimate of drug-likeness (QED) is 0.495. The molecule has 7 heteroatoms. The van der Waals surface area contributed by atoms with E-state index in [1.807, 2.05) is 0 Å². The molecule has 2 atom stereocenters. The minimum Gasteiger partial charge on any atom is -0.431 e. The highest BCUT2D eigenvalue weighted by Gasteiger charge is 2.66. The first-order chi connectivity index (χ1) is 12.8. The minimum absolute atomic E-state index is 0.0285. The summed E-state index contributed by atoms with van der Waals surface area (Å²) in [5.74, 6) is -4.82. The van der Waals surface area contributed by atoms with Crippen molar-refractivity contribution < 1.29 is 33.8 Å². The maximum atomic E-state index is 13.1. The lowest BCUT2D eigenvalue weighted by molar-refractivity contribution is -0.157. The molecule has 138 valence electrons. The van der Waals surface area contributed by atoms with E-state index in [1.54, 1.807) is 50.2 Å². The van der Waals surface area contributed by atoms with Gasteiger partial charge in [0.25, 0.3) is 0 Å². The number of ketones is 1. The van der Waals surface area contributed by atoms with Crippen molar-refractivity contribution in [3.8, 4) is 0 Å². The van der Waals surface area contributed by atoms with E-state index in [4.69, 9.17) is 4.74 Å². The predicted octanol–water partition coefficient (Wildman–Crippen LogP) is 1.53.